The lowest BCUT2D eigenvalue weighted by atomic mass is 10.0. The Morgan fingerprint density at radius 1 is 0.622 bits per heavy atom. The molecule has 0 saturated carbocycles. The van der Waals surface area contributed by atoms with E-state index in [1.165, 1.54) is 24.3 Å². The van der Waals surface area contributed by atoms with Gasteiger partial charge in [0.25, 0.3) is 0 Å². The van der Waals surface area contributed by atoms with Crippen LogP contribution in [0.4, 0.5) is 21.0 Å². The van der Waals surface area contributed by atoms with E-state index in [4.69, 9.17) is 49.3 Å². The normalized spacial score (nSPS) is 31.1. The second kappa shape index (κ2) is 17.4. The van der Waals surface area contributed by atoms with Crippen LogP contribution < -0.4 is 10.6 Å². The molecule has 0 atom stereocenters. The van der Waals surface area contributed by atoms with Gasteiger partial charge >= 0.3 is 12.1 Å². The van der Waals surface area contributed by atoms with Gasteiger partial charge < -0.3 is 20.4 Å². The first kappa shape index (κ1) is 7.34. The summed E-state index contributed by atoms with van der Waals surface area (Å²) < 4.78 is 287. The second-order valence-electron chi connectivity index (χ2n) is 6.55. The van der Waals surface area contributed by atoms with Crippen LogP contribution in [0.3, 0.4) is 0 Å². The first-order valence-electron chi connectivity index (χ1n) is 28.1. The first-order valence-corrected chi connectivity index (χ1v) is 10.1. The number of rotatable bonds is 16. The van der Waals surface area contributed by atoms with E-state index in [2.05, 4.69) is 0 Å². The lowest BCUT2D eigenvalue weighted by Gasteiger charge is -2.23. The number of hydrogen-bond acceptors (Lipinski definition) is 2. The highest BCUT2D eigenvalue weighted by atomic mass is 16.2. The molecule has 6 nitrogen and oxygen atoms in total. The molecule has 0 aliphatic heterocycles. The molecule has 2 aromatic carbocycles. The molecule has 0 aliphatic carbocycles. The highest BCUT2D eigenvalue weighted by Gasteiger charge is 2.14. The van der Waals surface area contributed by atoms with Crippen molar-refractivity contribution in [2.45, 2.75) is 84.8 Å². The molecule has 6 heteroatoms. The SMILES string of the molecule is [2H]C([2H])([2H])C([2H])([2H])C([2H])([2H])C([2H])([2H])N(C(=O)Nc1ccc(Cc2ccc(NC(=O)N(C([2H])([2H])C([2H])([2H])C([2H])([2H])C([2H])([2H])[2H])C([2H])([2H])C([2H])([2H])C([2H])([2H])C([2H])([2H])[2H])cc2)cc1)C([2H])([2H])C([2H])([2H])C([2H])([2H])C([2H])([2H])[2H]. The molecule has 4 amide bonds. The zero-order valence-electron chi connectivity index (χ0n) is 55.0. The van der Waals surface area contributed by atoms with E-state index in [9.17, 15) is 9.59 Å². The summed E-state index contributed by atoms with van der Waals surface area (Å²) in [6.45, 7) is -34.5. The van der Waals surface area contributed by atoms with Gasteiger partial charge in [-0.15, -0.1) is 0 Å². The van der Waals surface area contributed by atoms with Crippen molar-refractivity contribution in [2.75, 3.05) is 36.6 Å². The van der Waals surface area contributed by atoms with Crippen LogP contribution in [0, 0.1) is 0 Å². The molecule has 0 radical (unpaired) electrons. The maximum absolute atomic E-state index is 13.8. The van der Waals surface area contributed by atoms with E-state index in [1.807, 2.05) is 10.6 Å². The lowest BCUT2D eigenvalue weighted by molar-refractivity contribution is 0.209. The predicted molar refractivity (Wildman–Crippen MR) is 157 cm³/mol. The number of amides is 4. The van der Waals surface area contributed by atoms with Crippen LogP contribution in [0.25, 0.3) is 0 Å². The fourth-order valence-corrected chi connectivity index (χ4v) is 2.60. The zero-order chi connectivity index (χ0) is 58.4. The van der Waals surface area contributed by atoms with E-state index in [0.29, 0.717) is 11.1 Å². The summed E-state index contributed by atoms with van der Waals surface area (Å²) in [4.78, 5) is 25.6. The molecule has 0 saturated heterocycles. The molecular weight excluding hydrogens is 460 g/mol. The second-order valence-corrected chi connectivity index (χ2v) is 6.55. The van der Waals surface area contributed by atoms with E-state index in [1.54, 1.807) is 0 Å². The van der Waals surface area contributed by atoms with E-state index < -0.39 is 138 Å². The number of nitrogens with zero attached hydrogens (tertiary/aromatic N) is 2. The quantitative estimate of drug-likeness (QED) is 0.224. The summed E-state index contributed by atoms with van der Waals surface area (Å²) in [5, 5.41) is 3.76. The predicted octanol–water partition coefficient (Wildman–Crippen LogP) is 8.15. The van der Waals surface area contributed by atoms with Crippen molar-refractivity contribution in [2.24, 2.45) is 0 Å². The topological polar surface area (TPSA) is 64.7 Å². The van der Waals surface area contributed by atoms with E-state index >= 15 is 0 Å². The molecule has 204 valence electrons. The Hall–Kier alpha value is -3.02. The van der Waals surface area contributed by atoms with Crippen LogP contribution in [0.5, 0.6) is 0 Å². The van der Waals surface area contributed by atoms with Gasteiger partial charge in [-0.05, 0) is 67.3 Å². The molecule has 0 fully saturated rings. The summed E-state index contributed by atoms with van der Waals surface area (Å²) in [6.07, 6.45) is -35.4. The molecule has 0 aromatic heterocycles. The van der Waals surface area contributed by atoms with Crippen LogP contribution in [0.1, 0.15) is 139 Å². The number of carbonyl (C=O) groups is 2. The number of urea groups is 2. The fraction of sp³-hybridized carbons (Fsp3) is 0.548. The van der Waals surface area contributed by atoms with Crippen LogP contribution >= 0.6 is 0 Å². The third-order valence-corrected chi connectivity index (χ3v) is 4.15. The fourth-order valence-electron chi connectivity index (χ4n) is 2.60. The maximum Gasteiger partial charge on any atom is 0.321 e. The smallest absolute Gasteiger partial charge is 0.321 e. The van der Waals surface area contributed by atoms with E-state index in [0.717, 1.165) is 24.3 Å². The molecule has 37 heavy (non-hydrogen) atoms. The van der Waals surface area contributed by atoms with Crippen molar-refractivity contribution in [3.63, 3.8) is 0 Å². The Bertz CT molecular complexity index is 2030. The van der Waals surface area contributed by atoms with Gasteiger partial charge in [0.15, 0.2) is 0 Å². The Labute approximate surface area is 275 Å². The zero-order valence-corrected chi connectivity index (χ0v) is 19.0. The number of nitrogens with one attached hydrogen (secondary N) is 2. The van der Waals surface area contributed by atoms with Crippen LogP contribution in [-0.4, -0.2) is 47.8 Å². The Balaban J connectivity index is 2.65. The number of anilines is 2. The Kier molecular flexibility index (Phi) is 3.46. The molecule has 0 spiro atoms. The monoisotopic (exact) mass is 545 g/mol. The van der Waals surface area contributed by atoms with Gasteiger partial charge in [-0.2, -0.15) is 0 Å². The standard InChI is InChI=1S/C31H48N4O2/c1-5-9-21-34(22-10-6-2)30(36)32-28-17-13-26(14-18-28)25-27-15-19-29(20-16-27)33-31(37)35(23-11-7-3)24-12-8-4/h13-20H,5-12,21-25H2,1-4H3,(H,32,36)(H,33,37)/i1D3,2D3,3D3,4D3,5D2,6D2,7D2,8D2,9D2,10D2,11D2,12D2,21D2,22D2,23D2,24D2. The van der Waals surface area contributed by atoms with Crippen LogP contribution in [0.15, 0.2) is 48.5 Å². The minimum absolute atomic E-state index is 0.111. The molecular formula is C31H48N4O2. The minimum Gasteiger partial charge on any atom is -0.325 e. The number of benzene rings is 2. The largest absolute Gasteiger partial charge is 0.325 e. The van der Waals surface area contributed by atoms with Crippen molar-refractivity contribution in [3.05, 3.63) is 59.7 Å². The van der Waals surface area contributed by atoms with Gasteiger partial charge in [0.05, 0.1) is 0 Å². The Morgan fingerprint density at radius 2 is 0.946 bits per heavy atom. The Morgan fingerprint density at radius 3 is 1.24 bits per heavy atom. The van der Waals surface area contributed by atoms with Crippen molar-refractivity contribution in [3.8, 4) is 0 Å². The van der Waals surface area contributed by atoms with Gasteiger partial charge in [0.2, 0.25) is 0 Å². The van der Waals surface area contributed by atoms with Gasteiger partial charge in [0, 0.05) is 86.7 Å². The number of carbonyl (C=O) groups excluding carboxylic acids is 2. The molecule has 0 unspecified atom stereocenters. The van der Waals surface area contributed by atoms with Gasteiger partial charge in [-0.3, -0.25) is 0 Å². The van der Waals surface area contributed by atoms with Gasteiger partial charge in [-0.1, -0.05) is 77.2 Å². The molecule has 0 bridgehead atoms. The molecule has 0 aliphatic rings. The molecule has 2 rings (SSSR count). The average Bonchev–Trinajstić information content (AvgIpc) is 3.16. The van der Waals surface area contributed by atoms with Crippen LogP contribution in [0.2, 0.25) is 0 Å². The summed E-state index contributed by atoms with van der Waals surface area (Å²) in [6, 6.07) is 4.57. The molecule has 0 heterocycles. The van der Waals surface area contributed by atoms with Crippen molar-refractivity contribution in [1.29, 1.82) is 0 Å². The summed E-state index contributed by atoms with van der Waals surface area (Å²) >= 11 is 0. The van der Waals surface area contributed by atoms with Crippen LogP contribution in [-0.2, 0) is 6.42 Å². The summed E-state index contributed by atoms with van der Waals surface area (Å²) in [5.41, 5.74) is -0.296. The molecule has 2 N–H and O–H groups in total. The first-order chi connectivity index (χ1) is 31.7. The summed E-state index contributed by atoms with van der Waals surface area (Å²) in [7, 11) is 0. The van der Waals surface area contributed by atoms with E-state index in [-0.39, 0.29) is 6.42 Å². The summed E-state index contributed by atoms with van der Waals surface area (Å²) in [5.74, 6) is 0. The van der Waals surface area contributed by atoms with Crippen molar-refractivity contribution in [1.82, 2.24) is 9.80 Å². The third-order valence-electron chi connectivity index (χ3n) is 4.15. The maximum atomic E-state index is 13.8. The highest BCUT2D eigenvalue weighted by molar-refractivity contribution is 5.90. The average molecular weight is 545 g/mol. The number of hydrogen-bond donors (Lipinski definition) is 2. The minimum atomic E-state index is -4.59. The van der Waals surface area contributed by atoms with Gasteiger partial charge in [-0.25, -0.2) is 9.59 Å². The van der Waals surface area contributed by atoms with Crippen molar-refractivity contribution >= 4 is 23.4 Å². The molecule has 2 aromatic rings. The lowest BCUT2D eigenvalue weighted by Crippen LogP contribution is -2.36. The van der Waals surface area contributed by atoms with Gasteiger partial charge in [0.1, 0.15) is 0 Å². The highest BCUT2D eigenvalue weighted by Crippen LogP contribution is 2.17. The van der Waals surface area contributed by atoms with Crippen molar-refractivity contribution < 1.29 is 58.9 Å². The third kappa shape index (κ3) is 11.3.